The van der Waals surface area contributed by atoms with Gasteiger partial charge in [-0.25, -0.2) is 0 Å². The van der Waals surface area contributed by atoms with Gasteiger partial charge in [0.2, 0.25) is 5.82 Å². The Balaban J connectivity index is 2.07. The van der Waals surface area contributed by atoms with Crippen LogP contribution >= 0.6 is 0 Å². The lowest BCUT2D eigenvalue weighted by molar-refractivity contribution is -0.401. The molecular weight excluding hydrogens is 248 g/mol. The van der Waals surface area contributed by atoms with Gasteiger partial charge >= 0.3 is 5.88 Å². The second kappa shape index (κ2) is 4.37. The Bertz CT molecular complexity index is 717. The van der Waals surface area contributed by atoms with Crippen LogP contribution in [0.15, 0.2) is 53.2 Å². The van der Waals surface area contributed by atoms with Crippen LogP contribution in [0.5, 0.6) is 0 Å². The zero-order valence-electron chi connectivity index (χ0n) is 9.63. The molecule has 19 heavy (non-hydrogen) atoms. The lowest BCUT2D eigenvalue weighted by atomic mass is 10.3. The highest BCUT2D eigenvalue weighted by Crippen LogP contribution is 2.25. The Hall–Kier alpha value is -2.96. The fourth-order valence-corrected chi connectivity index (χ4v) is 1.73. The van der Waals surface area contributed by atoms with E-state index >= 15 is 0 Å². The van der Waals surface area contributed by atoms with E-state index in [4.69, 9.17) is 4.42 Å². The standard InChI is InChI=1S/C12H8N4O3/c17-16(18)11-7-6-10(19-11)12-14-13-8-15(12)9-4-2-1-3-5-9/h1-8H. The lowest BCUT2D eigenvalue weighted by Gasteiger charge is -2.03. The minimum Gasteiger partial charge on any atom is -0.397 e. The first-order valence-electron chi connectivity index (χ1n) is 5.46. The minimum absolute atomic E-state index is 0.299. The summed E-state index contributed by atoms with van der Waals surface area (Å²) in [5, 5.41) is 18.4. The highest BCUT2D eigenvalue weighted by molar-refractivity contribution is 5.53. The molecule has 2 heterocycles. The van der Waals surface area contributed by atoms with E-state index in [9.17, 15) is 10.1 Å². The first-order valence-corrected chi connectivity index (χ1v) is 5.46. The number of rotatable bonds is 3. The molecule has 0 unspecified atom stereocenters. The van der Waals surface area contributed by atoms with Crippen LogP contribution in [0.25, 0.3) is 17.3 Å². The molecule has 0 aliphatic heterocycles. The molecule has 0 N–H and O–H groups in total. The van der Waals surface area contributed by atoms with Crippen LogP contribution in [0.4, 0.5) is 5.88 Å². The van der Waals surface area contributed by atoms with E-state index in [1.807, 2.05) is 30.3 Å². The second-order valence-corrected chi connectivity index (χ2v) is 3.76. The zero-order valence-corrected chi connectivity index (χ0v) is 9.63. The van der Waals surface area contributed by atoms with E-state index in [0.29, 0.717) is 11.6 Å². The normalized spacial score (nSPS) is 10.5. The van der Waals surface area contributed by atoms with Gasteiger partial charge in [0.15, 0.2) is 5.76 Å². The van der Waals surface area contributed by atoms with Crippen molar-refractivity contribution in [3.8, 4) is 17.3 Å². The topological polar surface area (TPSA) is 87.0 Å². The van der Waals surface area contributed by atoms with Crippen LogP contribution in [-0.4, -0.2) is 19.7 Å². The van der Waals surface area contributed by atoms with Crippen molar-refractivity contribution in [2.75, 3.05) is 0 Å². The van der Waals surface area contributed by atoms with Crippen LogP contribution in [-0.2, 0) is 0 Å². The Kier molecular flexibility index (Phi) is 2.57. The van der Waals surface area contributed by atoms with Crippen LogP contribution in [0.2, 0.25) is 0 Å². The number of nitrogens with zero attached hydrogens (tertiary/aromatic N) is 4. The van der Waals surface area contributed by atoms with E-state index in [1.165, 1.54) is 18.5 Å². The number of hydrogen-bond acceptors (Lipinski definition) is 5. The third kappa shape index (κ3) is 1.97. The maximum Gasteiger partial charge on any atom is 0.433 e. The summed E-state index contributed by atoms with van der Waals surface area (Å²) in [6, 6.07) is 12.2. The number of aromatic nitrogens is 3. The molecule has 1 aromatic carbocycles. The lowest BCUT2D eigenvalue weighted by Crippen LogP contribution is -1.94. The van der Waals surface area contributed by atoms with Gasteiger partial charge in [0.25, 0.3) is 0 Å². The Morgan fingerprint density at radius 1 is 1.16 bits per heavy atom. The molecule has 0 saturated heterocycles. The monoisotopic (exact) mass is 256 g/mol. The highest BCUT2D eigenvalue weighted by atomic mass is 16.6. The van der Waals surface area contributed by atoms with Crippen molar-refractivity contribution in [3.05, 3.63) is 58.9 Å². The molecule has 3 aromatic rings. The van der Waals surface area contributed by atoms with E-state index in [-0.39, 0.29) is 5.88 Å². The van der Waals surface area contributed by atoms with Gasteiger partial charge in [-0.3, -0.25) is 14.7 Å². The summed E-state index contributed by atoms with van der Waals surface area (Å²) >= 11 is 0. The minimum atomic E-state index is -0.591. The number of furan rings is 1. The number of benzene rings is 1. The molecule has 3 rings (SSSR count). The van der Waals surface area contributed by atoms with Gasteiger partial charge < -0.3 is 4.42 Å². The summed E-state index contributed by atoms with van der Waals surface area (Å²) < 4.78 is 6.83. The molecule has 0 spiro atoms. The molecule has 0 aliphatic rings. The Morgan fingerprint density at radius 2 is 1.95 bits per heavy atom. The molecule has 0 atom stereocenters. The first kappa shape index (κ1) is 11.1. The molecule has 7 heteroatoms. The van der Waals surface area contributed by atoms with Gasteiger partial charge in [-0.05, 0) is 18.2 Å². The fraction of sp³-hybridized carbons (Fsp3) is 0. The molecule has 0 amide bonds. The molecule has 94 valence electrons. The molecule has 7 nitrogen and oxygen atoms in total. The van der Waals surface area contributed by atoms with Gasteiger partial charge in [0, 0.05) is 5.69 Å². The van der Waals surface area contributed by atoms with Crippen LogP contribution < -0.4 is 0 Å². The summed E-state index contributed by atoms with van der Waals surface area (Å²) in [5.74, 6) is 0.393. The van der Waals surface area contributed by atoms with Crippen molar-refractivity contribution in [1.82, 2.24) is 14.8 Å². The third-order valence-corrected chi connectivity index (χ3v) is 2.57. The SMILES string of the molecule is O=[N+]([O-])c1ccc(-c2nncn2-c2ccccc2)o1. The molecule has 2 aromatic heterocycles. The highest BCUT2D eigenvalue weighted by Gasteiger charge is 2.17. The second-order valence-electron chi connectivity index (χ2n) is 3.76. The van der Waals surface area contributed by atoms with Crippen molar-refractivity contribution in [2.24, 2.45) is 0 Å². The van der Waals surface area contributed by atoms with E-state index < -0.39 is 4.92 Å². The molecule has 0 aliphatic carbocycles. The molecular formula is C12H8N4O3. The van der Waals surface area contributed by atoms with E-state index in [0.717, 1.165) is 5.69 Å². The average molecular weight is 256 g/mol. The van der Waals surface area contributed by atoms with Crippen molar-refractivity contribution in [3.63, 3.8) is 0 Å². The molecule has 0 saturated carbocycles. The van der Waals surface area contributed by atoms with Crippen LogP contribution in [0, 0.1) is 10.1 Å². The Labute approximate surface area is 107 Å². The van der Waals surface area contributed by atoms with Crippen molar-refractivity contribution in [1.29, 1.82) is 0 Å². The summed E-state index contributed by atoms with van der Waals surface area (Å²) in [7, 11) is 0. The molecule has 0 radical (unpaired) electrons. The molecule has 0 fully saturated rings. The van der Waals surface area contributed by atoms with Gasteiger partial charge in [0.1, 0.15) is 11.3 Å². The predicted octanol–water partition coefficient (Wildman–Crippen LogP) is 2.44. The molecule has 0 bridgehead atoms. The maximum absolute atomic E-state index is 10.6. The van der Waals surface area contributed by atoms with Crippen molar-refractivity contribution >= 4 is 5.88 Å². The fourth-order valence-electron chi connectivity index (χ4n) is 1.73. The first-order chi connectivity index (χ1) is 9.25. The number of hydrogen-bond donors (Lipinski definition) is 0. The van der Waals surface area contributed by atoms with Crippen LogP contribution in [0.3, 0.4) is 0 Å². The van der Waals surface area contributed by atoms with E-state index in [2.05, 4.69) is 10.2 Å². The third-order valence-electron chi connectivity index (χ3n) is 2.57. The largest absolute Gasteiger partial charge is 0.433 e. The van der Waals surface area contributed by atoms with Gasteiger partial charge in [-0.15, -0.1) is 10.2 Å². The van der Waals surface area contributed by atoms with Crippen LogP contribution in [0.1, 0.15) is 0 Å². The summed E-state index contributed by atoms with van der Waals surface area (Å²) in [6.07, 6.45) is 1.53. The number of nitro groups is 1. The average Bonchev–Trinajstić information content (AvgIpc) is 3.08. The quantitative estimate of drug-likeness (QED) is 0.530. The number of para-hydroxylation sites is 1. The zero-order chi connectivity index (χ0) is 13.2. The predicted molar refractivity (Wildman–Crippen MR) is 65.7 cm³/mol. The van der Waals surface area contributed by atoms with Gasteiger partial charge in [-0.2, -0.15) is 0 Å². The van der Waals surface area contributed by atoms with Crippen molar-refractivity contribution < 1.29 is 9.34 Å². The summed E-state index contributed by atoms with van der Waals surface area (Å²) in [5.41, 5.74) is 0.849. The maximum atomic E-state index is 10.6. The van der Waals surface area contributed by atoms with Gasteiger partial charge in [-0.1, -0.05) is 18.2 Å². The Morgan fingerprint density at radius 3 is 2.63 bits per heavy atom. The van der Waals surface area contributed by atoms with Crippen molar-refractivity contribution in [2.45, 2.75) is 0 Å². The summed E-state index contributed by atoms with van der Waals surface area (Å²) in [6.45, 7) is 0. The van der Waals surface area contributed by atoms with Gasteiger partial charge in [0.05, 0.1) is 6.07 Å². The van der Waals surface area contributed by atoms with E-state index in [1.54, 1.807) is 4.57 Å². The smallest absolute Gasteiger partial charge is 0.397 e. The summed E-state index contributed by atoms with van der Waals surface area (Å²) in [4.78, 5) is 10.0.